The summed E-state index contributed by atoms with van der Waals surface area (Å²) in [6.45, 7) is 2.35. The van der Waals surface area contributed by atoms with E-state index in [-0.39, 0.29) is 17.1 Å². The molecule has 3 fully saturated rings. The Morgan fingerprint density at radius 3 is 2.72 bits per heavy atom. The van der Waals surface area contributed by atoms with Gasteiger partial charge in [0.1, 0.15) is 5.69 Å². The van der Waals surface area contributed by atoms with Crippen LogP contribution in [-0.2, 0) is 15.6 Å². The summed E-state index contributed by atoms with van der Waals surface area (Å²) < 4.78 is 32.7. The first kappa shape index (κ1) is 23.2. The highest BCUT2D eigenvalue weighted by molar-refractivity contribution is 7.93. The third-order valence-corrected chi connectivity index (χ3v) is 9.68. The fourth-order valence-corrected chi connectivity index (χ4v) is 6.92. The third-order valence-electron chi connectivity index (χ3n) is 6.84. The highest BCUT2D eigenvalue weighted by Crippen LogP contribution is 2.59. The summed E-state index contributed by atoms with van der Waals surface area (Å²) in [5.41, 5.74) is 0.491. The molecule has 0 bridgehead atoms. The molecular formula is C23H25N7O4S2. The van der Waals surface area contributed by atoms with Crippen molar-refractivity contribution in [3.63, 3.8) is 0 Å². The van der Waals surface area contributed by atoms with Crippen molar-refractivity contribution >= 4 is 33.2 Å². The van der Waals surface area contributed by atoms with Crippen LogP contribution in [0.5, 0.6) is 5.88 Å². The van der Waals surface area contributed by atoms with Crippen LogP contribution in [0.4, 0.5) is 5.95 Å². The molecule has 0 aromatic carbocycles. The first-order valence-corrected chi connectivity index (χ1v) is 14.3. The van der Waals surface area contributed by atoms with Gasteiger partial charge >= 0.3 is 0 Å². The topological polar surface area (TPSA) is 149 Å². The second kappa shape index (κ2) is 8.73. The molecule has 0 radical (unpaired) electrons. The molecular weight excluding hydrogens is 502 g/mol. The van der Waals surface area contributed by atoms with Crippen LogP contribution in [0.2, 0.25) is 0 Å². The minimum atomic E-state index is -3.49. The van der Waals surface area contributed by atoms with Crippen LogP contribution in [0.25, 0.3) is 10.6 Å². The van der Waals surface area contributed by atoms with E-state index in [1.165, 1.54) is 23.7 Å². The van der Waals surface area contributed by atoms with Gasteiger partial charge in [0.2, 0.25) is 21.9 Å². The summed E-state index contributed by atoms with van der Waals surface area (Å²) >= 11 is 1.23. The Labute approximate surface area is 212 Å². The molecule has 3 heterocycles. The van der Waals surface area contributed by atoms with Crippen molar-refractivity contribution in [3.05, 3.63) is 41.6 Å². The monoisotopic (exact) mass is 527 g/mol. The van der Waals surface area contributed by atoms with E-state index in [9.17, 15) is 13.2 Å². The number of carbonyl (C=O) groups is 1. The summed E-state index contributed by atoms with van der Waals surface area (Å²) in [6.07, 6.45) is 10.2. The number of nitrogens with one attached hydrogen (secondary N) is 2. The molecule has 13 heteroatoms. The molecule has 36 heavy (non-hydrogen) atoms. The Balaban J connectivity index is 1.24. The number of fused-ring (bicyclic) bond motifs is 1. The van der Waals surface area contributed by atoms with Crippen LogP contribution in [0.15, 0.2) is 30.9 Å². The largest absolute Gasteiger partial charge is 0.477 e. The molecule has 0 saturated heterocycles. The maximum Gasteiger partial charge on any atom is 0.281 e. The van der Waals surface area contributed by atoms with Gasteiger partial charge in [-0.3, -0.25) is 14.5 Å². The quantitative estimate of drug-likeness (QED) is 0.428. The van der Waals surface area contributed by atoms with Crippen molar-refractivity contribution < 1.29 is 17.9 Å². The Morgan fingerprint density at radius 1 is 1.17 bits per heavy atom. The smallest absolute Gasteiger partial charge is 0.281 e. The second-order valence-electron chi connectivity index (χ2n) is 9.52. The first-order valence-electron chi connectivity index (χ1n) is 11.9. The molecule has 0 spiro atoms. The van der Waals surface area contributed by atoms with Gasteiger partial charge in [0.15, 0.2) is 5.01 Å². The number of hydrogen-bond donors (Lipinski definition) is 2. The number of sulfonamides is 1. The van der Waals surface area contributed by atoms with Gasteiger partial charge < -0.3 is 10.1 Å². The highest BCUT2D eigenvalue weighted by atomic mass is 32.2. The van der Waals surface area contributed by atoms with Crippen LogP contribution >= 0.6 is 11.3 Å². The Kier molecular flexibility index (Phi) is 5.63. The maximum absolute atomic E-state index is 13.3. The van der Waals surface area contributed by atoms with Crippen LogP contribution in [0, 0.1) is 11.8 Å². The minimum absolute atomic E-state index is 0.0397. The van der Waals surface area contributed by atoms with E-state index in [1.54, 1.807) is 18.5 Å². The van der Waals surface area contributed by atoms with Crippen molar-refractivity contribution in [1.82, 2.24) is 30.2 Å². The molecule has 188 valence electrons. The molecule has 3 aromatic heterocycles. The number of aromatic nitrogens is 5. The Hall–Kier alpha value is -3.19. The second-order valence-corrected chi connectivity index (χ2v) is 12.5. The minimum Gasteiger partial charge on any atom is -0.477 e. The molecule has 2 N–H and O–H groups in total. The Morgan fingerprint density at radius 2 is 1.97 bits per heavy atom. The number of carbonyl (C=O) groups excluding carboxylic acids is 1. The van der Waals surface area contributed by atoms with E-state index in [0.29, 0.717) is 58.4 Å². The summed E-state index contributed by atoms with van der Waals surface area (Å²) in [5, 5.41) is 3.11. The lowest BCUT2D eigenvalue weighted by Gasteiger charge is -2.31. The number of ether oxygens (including phenoxy) is 1. The van der Waals surface area contributed by atoms with E-state index in [0.717, 1.165) is 19.3 Å². The average Bonchev–Trinajstić information content (AvgIpc) is 3.76. The van der Waals surface area contributed by atoms with Crippen LogP contribution in [0.1, 0.15) is 54.5 Å². The predicted octanol–water partition coefficient (Wildman–Crippen LogP) is 2.75. The van der Waals surface area contributed by atoms with E-state index in [4.69, 9.17) is 4.74 Å². The SMILES string of the molecule is CCOc1cncc(-c2cnc(C(=O)NC3(c4ccnc(NS(=O)(=O)C5CC5)n4)CC4CC4C3)s2)n1. The van der Waals surface area contributed by atoms with Crippen molar-refractivity contribution in [2.75, 3.05) is 11.3 Å². The zero-order valence-corrected chi connectivity index (χ0v) is 21.2. The number of anilines is 1. The molecule has 0 aliphatic heterocycles. The zero-order valence-electron chi connectivity index (χ0n) is 19.5. The van der Waals surface area contributed by atoms with Crippen LogP contribution in [-0.4, -0.2) is 51.1 Å². The van der Waals surface area contributed by atoms with Crippen LogP contribution in [0.3, 0.4) is 0 Å². The molecule has 6 rings (SSSR count). The molecule has 1 amide bonds. The number of thiazole rings is 1. The van der Waals surface area contributed by atoms with Gasteiger partial charge in [0.25, 0.3) is 5.91 Å². The lowest BCUT2D eigenvalue weighted by atomic mass is 9.89. The molecule has 3 saturated carbocycles. The van der Waals surface area contributed by atoms with Crippen LogP contribution < -0.4 is 14.8 Å². The number of hydrogen-bond acceptors (Lipinski definition) is 10. The molecule has 2 unspecified atom stereocenters. The van der Waals surface area contributed by atoms with E-state index < -0.39 is 15.6 Å². The van der Waals surface area contributed by atoms with Gasteiger partial charge in [0.05, 0.1) is 40.4 Å². The molecule has 3 aliphatic carbocycles. The molecule has 11 nitrogen and oxygen atoms in total. The molecule has 3 aromatic rings. The number of rotatable bonds is 9. The van der Waals surface area contributed by atoms with Crippen molar-refractivity contribution in [2.24, 2.45) is 11.8 Å². The predicted molar refractivity (Wildman–Crippen MR) is 132 cm³/mol. The average molecular weight is 528 g/mol. The van der Waals surface area contributed by atoms with E-state index in [2.05, 4.69) is 35.0 Å². The normalized spacial score (nSPS) is 24.7. The highest BCUT2D eigenvalue weighted by Gasteiger charge is 2.56. The molecule has 3 aliphatic rings. The lowest BCUT2D eigenvalue weighted by Crippen LogP contribution is -2.45. The van der Waals surface area contributed by atoms with Gasteiger partial charge in [0, 0.05) is 12.4 Å². The lowest BCUT2D eigenvalue weighted by molar-refractivity contribution is 0.0888. The maximum atomic E-state index is 13.3. The third kappa shape index (κ3) is 4.52. The standard InChI is InChI=1S/C23H25N7O4S2/c1-2-34-19-12-24-10-16(27-19)17-11-26-21(35-17)20(31)29-23(8-13-7-14(13)9-23)18-5-6-25-22(28-18)30-36(32,33)15-3-4-15/h5-6,10-15H,2-4,7-9H2,1H3,(H,29,31)(H,25,28,30). The fraction of sp³-hybridized carbons (Fsp3) is 0.478. The van der Waals surface area contributed by atoms with Gasteiger partial charge in [-0.05, 0) is 56.9 Å². The zero-order chi connectivity index (χ0) is 24.9. The fourth-order valence-electron chi connectivity index (χ4n) is 4.88. The van der Waals surface area contributed by atoms with E-state index in [1.807, 2.05) is 6.92 Å². The van der Waals surface area contributed by atoms with Gasteiger partial charge in [-0.1, -0.05) is 0 Å². The van der Waals surface area contributed by atoms with Gasteiger partial charge in [-0.15, -0.1) is 11.3 Å². The summed E-state index contributed by atoms with van der Waals surface area (Å²) in [6, 6.07) is 1.75. The van der Waals surface area contributed by atoms with Gasteiger partial charge in [-0.25, -0.2) is 28.4 Å². The first-order chi connectivity index (χ1) is 17.3. The summed E-state index contributed by atoms with van der Waals surface area (Å²) in [4.78, 5) is 35.6. The Bertz CT molecular complexity index is 1410. The van der Waals surface area contributed by atoms with Gasteiger partial charge in [-0.2, -0.15) is 0 Å². The van der Waals surface area contributed by atoms with Crippen molar-refractivity contribution in [1.29, 1.82) is 0 Å². The van der Waals surface area contributed by atoms with Crippen molar-refractivity contribution in [2.45, 2.75) is 49.8 Å². The number of amides is 1. The number of nitrogens with zero attached hydrogens (tertiary/aromatic N) is 5. The van der Waals surface area contributed by atoms with Crippen molar-refractivity contribution in [3.8, 4) is 16.5 Å². The van der Waals surface area contributed by atoms with E-state index >= 15 is 0 Å². The molecule has 2 atom stereocenters. The summed E-state index contributed by atoms with van der Waals surface area (Å²) in [5.74, 6) is 1.19. The summed E-state index contributed by atoms with van der Waals surface area (Å²) in [7, 11) is -3.49.